The van der Waals surface area contributed by atoms with Gasteiger partial charge in [0.1, 0.15) is 5.69 Å². The summed E-state index contributed by atoms with van der Waals surface area (Å²) in [6.07, 6.45) is 4.04. The van der Waals surface area contributed by atoms with Gasteiger partial charge in [-0.1, -0.05) is 17.3 Å². The summed E-state index contributed by atoms with van der Waals surface area (Å²) < 4.78 is 31.5. The third-order valence-corrected chi connectivity index (χ3v) is 5.00. The second kappa shape index (κ2) is 8.87. The summed E-state index contributed by atoms with van der Waals surface area (Å²) in [7, 11) is 0. The van der Waals surface area contributed by atoms with Gasteiger partial charge in [-0.3, -0.25) is 9.78 Å². The third-order valence-electron chi connectivity index (χ3n) is 4.09. The summed E-state index contributed by atoms with van der Waals surface area (Å²) in [6.45, 7) is 0. The highest BCUT2D eigenvalue weighted by molar-refractivity contribution is 7.15. The molecule has 0 saturated carbocycles. The van der Waals surface area contributed by atoms with E-state index < -0.39 is 11.6 Å². The second-order valence-electron chi connectivity index (χ2n) is 6.33. The molecule has 0 aliphatic rings. The van der Waals surface area contributed by atoms with Gasteiger partial charge in [-0.2, -0.15) is 4.98 Å². The van der Waals surface area contributed by atoms with Crippen LogP contribution >= 0.6 is 11.3 Å². The fourth-order valence-corrected chi connectivity index (χ4v) is 3.52. The minimum absolute atomic E-state index is 0.141. The van der Waals surface area contributed by atoms with E-state index in [-0.39, 0.29) is 18.7 Å². The molecule has 0 spiro atoms. The lowest BCUT2D eigenvalue weighted by molar-refractivity contribution is -0.116. The summed E-state index contributed by atoms with van der Waals surface area (Å²) >= 11 is 1.27. The third kappa shape index (κ3) is 4.90. The molecule has 10 heteroatoms. The molecule has 152 valence electrons. The number of amides is 1. The number of carbonyl (C=O) groups is 1. The van der Waals surface area contributed by atoms with Crippen LogP contribution in [0.5, 0.6) is 0 Å². The maximum Gasteiger partial charge on any atom is 0.227 e. The molecule has 0 aliphatic heterocycles. The van der Waals surface area contributed by atoms with Crippen LogP contribution in [0.15, 0.2) is 53.3 Å². The zero-order valence-corrected chi connectivity index (χ0v) is 16.3. The van der Waals surface area contributed by atoms with Crippen molar-refractivity contribution in [1.82, 2.24) is 20.1 Å². The number of hydrogen-bond donors (Lipinski definition) is 1. The van der Waals surface area contributed by atoms with Gasteiger partial charge in [0.15, 0.2) is 16.8 Å². The van der Waals surface area contributed by atoms with Crippen LogP contribution < -0.4 is 5.32 Å². The van der Waals surface area contributed by atoms with Gasteiger partial charge >= 0.3 is 0 Å². The lowest BCUT2D eigenvalue weighted by Crippen LogP contribution is -2.12. The maximum absolute atomic E-state index is 13.3. The van der Waals surface area contributed by atoms with Crippen molar-refractivity contribution in [1.29, 1.82) is 0 Å². The molecular weight excluding hydrogens is 412 g/mol. The molecule has 7 nitrogen and oxygen atoms in total. The van der Waals surface area contributed by atoms with Gasteiger partial charge in [-0.15, -0.1) is 11.3 Å². The van der Waals surface area contributed by atoms with E-state index in [1.807, 2.05) is 6.07 Å². The minimum atomic E-state index is -0.891. The van der Waals surface area contributed by atoms with Gasteiger partial charge < -0.3 is 9.84 Å². The molecule has 3 heterocycles. The molecule has 4 rings (SSSR count). The van der Waals surface area contributed by atoms with Crippen molar-refractivity contribution in [3.63, 3.8) is 0 Å². The zero-order chi connectivity index (χ0) is 20.9. The number of benzene rings is 1. The number of carbonyl (C=O) groups excluding carboxylic acids is 1. The lowest BCUT2D eigenvalue weighted by atomic mass is 10.1. The molecule has 0 saturated heterocycles. The first-order valence-electron chi connectivity index (χ1n) is 8.99. The van der Waals surface area contributed by atoms with Crippen molar-refractivity contribution in [3.05, 3.63) is 76.8 Å². The second-order valence-corrected chi connectivity index (χ2v) is 7.45. The number of pyridine rings is 1. The largest absolute Gasteiger partial charge is 0.339 e. The Morgan fingerprint density at radius 2 is 2.03 bits per heavy atom. The molecule has 30 heavy (non-hydrogen) atoms. The number of anilines is 1. The van der Waals surface area contributed by atoms with Crippen molar-refractivity contribution < 1.29 is 18.1 Å². The zero-order valence-electron chi connectivity index (χ0n) is 15.5. The maximum atomic E-state index is 13.3. The first-order chi connectivity index (χ1) is 14.6. The van der Waals surface area contributed by atoms with E-state index in [4.69, 9.17) is 4.52 Å². The average Bonchev–Trinajstić information content (AvgIpc) is 3.39. The van der Waals surface area contributed by atoms with Gasteiger partial charge in [0.25, 0.3) is 0 Å². The van der Waals surface area contributed by atoms with Gasteiger partial charge in [-0.25, -0.2) is 13.8 Å². The summed E-state index contributed by atoms with van der Waals surface area (Å²) in [4.78, 5) is 25.5. The van der Waals surface area contributed by atoms with Gasteiger partial charge in [0.2, 0.25) is 17.6 Å². The van der Waals surface area contributed by atoms with Crippen LogP contribution in [0.4, 0.5) is 13.9 Å². The van der Waals surface area contributed by atoms with E-state index >= 15 is 0 Å². The molecule has 0 aliphatic carbocycles. The Morgan fingerprint density at radius 3 is 2.83 bits per heavy atom. The smallest absolute Gasteiger partial charge is 0.227 e. The summed E-state index contributed by atoms with van der Waals surface area (Å²) in [6, 6.07) is 9.13. The summed E-state index contributed by atoms with van der Waals surface area (Å²) in [5.74, 6) is -1.32. The molecular formula is C20H15F2N5O2S. The molecule has 3 aromatic heterocycles. The molecule has 1 aromatic carbocycles. The first kappa shape index (κ1) is 19.8. The van der Waals surface area contributed by atoms with Crippen molar-refractivity contribution >= 4 is 22.4 Å². The predicted octanol–water partition coefficient (Wildman–Crippen LogP) is 4.03. The van der Waals surface area contributed by atoms with E-state index in [0.717, 1.165) is 17.0 Å². The van der Waals surface area contributed by atoms with Crippen LogP contribution in [0.2, 0.25) is 0 Å². The van der Waals surface area contributed by atoms with Crippen LogP contribution in [0.25, 0.3) is 11.5 Å². The predicted molar refractivity (Wildman–Crippen MR) is 106 cm³/mol. The molecule has 1 amide bonds. The Hall–Kier alpha value is -3.53. The molecule has 0 radical (unpaired) electrons. The van der Waals surface area contributed by atoms with Crippen molar-refractivity contribution in [2.45, 2.75) is 19.3 Å². The minimum Gasteiger partial charge on any atom is -0.339 e. The number of nitrogens with one attached hydrogen (secondary N) is 1. The molecule has 1 N–H and O–H groups in total. The van der Waals surface area contributed by atoms with Crippen LogP contribution in [-0.4, -0.2) is 26.0 Å². The Balaban J connectivity index is 1.29. The van der Waals surface area contributed by atoms with Gasteiger partial charge in [-0.05, 0) is 29.8 Å². The van der Waals surface area contributed by atoms with Crippen molar-refractivity contribution in [3.8, 4) is 11.5 Å². The number of nitrogens with zero attached hydrogens (tertiary/aromatic N) is 4. The monoisotopic (exact) mass is 427 g/mol. The van der Waals surface area contributed by atoms with E-state index in [9.17, 15) is 13.6 Å². The SMILES string of the molecule is O=C(CCc1nc(-c2ccccn2)no1)Nc1ncc(Cc2ccc(F)c(F)c2)s1. The van der Waals surface area contributed by atoms with Crippen LogP contribution in [-0.2, 0) is 17.6 Å². The average molecular weight is 427 g/mol. The lowest BCUT2D eigenvalue weighted by Gasteiger charge is -2.00. The molecule has 4 aromatic rings. The number of aromatic nitrogens is 4. The number of aryl methyl sites for hydroxylation is 1. The summed E-state index contributed by atoms with van der Waals surface area (Å²) in [5, 5.41) is 7.00. The van der Waals surface area contributed by atoms with E-state index in [0.29, 0.717) is 34.5 Å². The first-order valence-corrected chi connectivity index (χ1v) is 9.81. The number of thiazole rings is 1. The van der Waals surface area contributed by atoms with Gasteiger partial charge in [0, 0.05) is 36.5 Å². The Kier molecular flexibility index (Phi) is 5.84. The Labute approximate surface area is 173 Å². The topological polar surface area (TPSA) is 93.8 Å². The Morgan fingerprint density at radius 1 is 1.13 bits per heavy atom. The van der Waals surface area contributed by atoms with Gasteiger partial charge in [0.05, 0.1) is 0 Å². The molecule has 0 bridgehead atoms. The number of halogens is 2. The highest BCUT2D eigenvalue weighted by Gasteiger charge is 2.13. The highest BCUT2D eigenvalue weighted by Crippen LogP contribution is 2.22. The highest BCUT2D eigenvalue weighted by atomic mass is 32.1. The van der Waals surface area contributed by atoms with E-state index in [1.165, 1.54) is 17.4 Å². The van der Waals surface area contributed by atoms with Crippen LogP contribution in [0.3, 0.4) is 0 Å². The van der Waals surface area contributed by atoms with Crippen molar-refractivity contribution in [2.24, 2.45) is 0 Å². The fraction of sp³-hybridized carbons (Fsp3) is 0.150. The number of rotatable bonds is 7. The molecule has 0 atom stereocenters. The van der Waals surface area contributed by atoms with Crippen LogP contribution in [0.1, 0.15) is 22.8 Å². The molecule has 0 fully saturated rings. The van der Waals surface area contributed by atoms with E-state index in [2.05, 4.69) is 25.4 Å². The van der Waals surface area contributed by atoms with E-state index in [1.54, 1.807) is 24.5 Å². The Bertz CT molecular complexity index is 1160. The molecule has 0 unspecified atom stereocenters. The fourth-order valence-electron chi connectivity index (χ4n) is 2.66. The normalized spacial score (nSPS) is 10.9. The van der Waals surface area contributed by atoms with Crippen LogP contribution in [0, 0.1) is 11.6 Å². The summed E-state index contributed by atoms with van der Waals surface area (Å²) in [5.41, 5.74) is 1.21. The van der Waals surface area contributed by atoms with Crippen molar-refractivity contribution in [2.75, 3.05) is 5.32 Å². The number of hydrogen-bond acceptors (Lipinski definition) is 7. The standard InChI is InChI=1S/C20H15F2N5O2S/c21-14-5-4-12(10-15(14)22)9-13-11-24-20(30-13)25-17(28)6-7-18-26-19(27-29-18)16-3-1-2-8-23-16/h1-5,8,10-11H,6-7,9H2,(H,24,25,28). The quantitative estimate of drug-likeness (QED) is 0.479.